The van der Waals surface area contributed by atoms with Gasteiger partial charge in [-0.1, -0.05) is 35.5 Å². The summed E-state index contributed by atoms with van der Waals surface area (Å²) in [5, 5.41) is 11.2. The van der Waals surface area contributed by atoms with E-state index in [4.69, 9.17) is 4.52 Å². The molecule has 29 heavy (non-hydrogen) atoms. The Morgan fingerprint density at radius 3 is 2.79 bits per heavy atom. The minimum Gasteiger partial charge on any atom is -0.333 e. The fourth-order valence-corrected chi connectivity index (χ4v) is 3.98. The third-order valence-electron chi connectivity index (χ3n) is 5.50. The maximum atomic E-state index is 5.53. The third kappa shape index (κ3) is 3.34. The number of aromatic nitrogens is 5. The minimum atomic E-state index is 0.477. The summed E-state index contributed by atoms with van der Waals surface area (Å²) in [5.74, 6) is 1.07. The molecule has 1 N–H and O–H groups in total. The van der Waals surface area contributed by atoms with E-state index in [1.54, 1.807) is 6.20 Å². The van der Waals surface area contributed by atoms with Gasteiger partial charge in [-0.15, -0.1) is 0 Å². The summed E-state index contributed by atoms with van der Waals surface area (Å²) >= 11 is 0. The van der Waals surface area contributed by atoms with E-state index in [1.165, 1.54) is 16.7 Å². The Balaban J connectivity index is 1.45. The lowest BCUT2D eigenvalue weighted by atomic mass is 9.94. The van der Waals surface area contributed by atoms with E-state index in [0.717, 1.165) is 48.6 Å². The lowest BCUT2D eigenvalue weighted by molar-refractivity contribution is 0.245. The molecule has 0 bridgehead atoms. The predicted octanol–water partition coefficient (Wildman–Crippen LogP) is 3.70. The molecule has 1 aliphatic rings. The van der Waals surface area contributed by atoms with Crippen molar-refractivity contribution in [1.82, 2.24) is 30.2 Å². The van der Waals surface area contributed by atoms with Crippen LogP contribution in [0.2, 0.25) is 0 Å². The van der Waals surface area contributed by atoms with Gasteiger partial charge in [0.25, 0.3) is 5.89 Å². The summed E-state index contributed by atoms with van der Waals surface area (Å²) in [7, 11) is 0. The number of aryl methyl sites for hydroxylation is 2. The first-order valence-corrected chi connectivity index (χ1v) is 9.77. The van der Waals surface area contributed by atoms with E-state index in [2.05, 4.69) is 60.6 Å². The number of pyridine rings is 1. The largest absolute Gasteiger partial charge is 0.333 e. The van der Waals surface area contributed by atoms with Crippen molar-refractivity contribution in [3.05, 3.63) is 70.8 Å². The average Bonchev–Trinajstić information content (AvgIpc) is 3.37. The maximum absolute atomic E-state index is 5.53. The second kappa shape index (κ2) is 7.25. The molecule has 0 fully saturated rings. The highest BCUT2D eigenvalue weighted by molar-refractivity contribution is 5.67. The zero-order chi connectivity index (χ0) is 19.8. The van der Waals surface area contributed by atoms with Crippen molar-refractivity contribution in [2.75, 3.05) is 6.54 Å². The zero-order valence-electron chi connectivity index (χ0n) is 16.5. The van der Waals surface area contributed by atoms with E-state index in [1.807, 2.05) is 20.0 Å². The SMILES string of the molecule is Cc1ncc2c(c1-c1noc(-c3cn[nH]c3C)n1)CCN(Cc1ccccc1)C2. The summed E-state index contributed by atoms with van der Waals surface area (Å²) in [5.41, 5.74) is 7.50. The molecule has 1 aliphatic heterocycles. The number of benzene rings is 1. The lowest BCUT2D eigenvalue weighted by Crippen LogP contribution is -2.30. The molecule has 3 aromatic heterocycles. The number of rotatable bonds is 4. The first-order valence-electron chi connectivity index (χ1n) is 9.77. The van der Waals surface area contributed by atoms with Crippen molar-refractivity contribution in [1.29, 1.82) is 0 Å². The number of hydrogen-bond donors (Lipinski definition) is 1. The van der Waals surface area contributed by atoms with E-state index in [-0.39, 0.29) is 0 Å². The second-order valence-corrected chi connectivity index (χ2v) is 7.50. The molecule has 0 aliphatic carbocycles. The van der Waals surface area contributed by atoms with Crippen LogP contribution < -0.4 is 0 Å². The highest BCUT2D eigenvalue weighted by atomic mass is 16.5. The summed E-state index contributed by atoms with van der Waals surface area (Å²) < 4.78 is 5.53. The molecule has 0 saturated carbocycles. The van der Waals surface area contributed by atoms with Gasteiger partial charge >= 0.3 is 0 Å². The quantitative estimate of drug-likeness (QED) is 0.576. The van der Waals surface area contributed by atoms with Crippen LogP contribution in [0.3, 0.4) is 0 Å². The molecule has 146 valence electrons. The number of nitrogens with zero attached hydrogens (tertiary/aromatic N) is 5. The van der Waals surface area contributed by atoms with E-state index in [9.17, 15) is 0 Å². The van der Waals surface area contributed by atoms with E-state index < -0.39 is 0 Å². The van der Waals surface area contributed by atoms with Crippen LogP contribution in [0.25, 0.3) is 22.8 Å². The van der Waals surface area contributed by atoms with Crippen LogP contribution in [0.15, 0.2) is 47.2 Å². The van der Waals surface area contributed by atoms with Crippen LogP contribution in [0.5, 0.6) is 0 Å². The number of hydrogen-bond acceptors (Lipinski definition) is 6. The smallest absolute Gasteiger partial charge is 0.261 e. The Bertz CT molecular complexity index is 1150. The first-order chi connectivity index (χ1) is 14.2. The van der Waals surface area contributed by atoms with Gasteiger partial charge in [0.05, 0.1) is 11.8 Å². The predicted molar refractivity (Wildman–Crippen MR) is 109 cm³/mol. The molecule has 0 saturated heterocycles. The fourth-order valence-electron chi connectivity index (χ4n) is 3.98. The summed E-state index contributed by atoms with van der Waals surface area (Å²) in [4.78, 5) is 11.7. The van der Waals surface area contributed by atoms with Gasteiger partial charge in [-0.05, 0) is 37.0 Å². The van der Waals surface area contributed by atoms with Crippen LogP contribution in [-0.4, -0.2) is 36.8 Å². The average molecular weight is 386 g/mol. The van der Waals surface area contributed by atoms with Gasteiger partial charge in [0, 0.05) is 42.8 Å². The van der Waals surface area contributed by atoms with E-state index in [0.29, 0.717) is 11.7 Å². The van der Waals surface area contributed by atoms with Gasteiger partial charge in [-0.3, -0.25) is 15.0 Å². The molecular formula is C22H22N6O. The molecule has 7 heteroatoms. The standard InChI is InChI=1S/C22H22N6O/c1-14-19(11-24-26-14)22-25-21(27-29-22)20-15(2)23-10-17-13-28(9-8-18(17)20)12-16-6-4-3-5-7-16/h3-7,10-11H,8-9,12-13H2,1-2H3,(H,24,26). The Kier molecular flexibility index (Phi) is 4.44. The van der Waals surface area contributed by atoms with Crippen molar-refractivity contribution < 1.29 is 4.52 Å². The normalized spacial score (nSPS) is 14.1. The van der Waals surface area contributed by atoms with Gasteiger partial charge in [0.15, 0.2) is 0 Å². The highest BCUT2D eigenvalue weighted by Gasteiger charge is 2.24. The van der Waals surface area contributed by atoms with Crippen molar-refractivity contribution >= 4 is 0 Å². The van der Waals surface area contributed by atoms with Crippen molar-refractivity contribution in [2.24, 2.45) is 0 Å². The topological polar surface area (TPSA) is 83.7 Å². The summed E-state index contributed by atoms with van der Waals surface area (Å²) in [6, 6.07) is 10.6. The molecule has 5 rings (SSSR count). The molecule has 0 radical (unpaired) electrons. The molecule has 7 nitrogen and oxygen atoms in total. The molecule has 1 aromatic carbocycles. The fraction of sp³-hybridized carbons (Fsp3) is 0.273. The zero-order valence-corrected chi connectivity index (χ0v) is 16.5. The number of H-pyrrole nitrogens is 1. The Morgan fingerprint density at radius 2 is 2.00 bits per heavy atom. The highest BCUT2D eigenvalue weighted by Crippen LogP contribution is 2.32. The monoisotopic (exact) mass is 386 g/mol. The Labute approximate surface area is 168 Å². The van der Waals surface area contributed by atoms with Gasteiger partial charge in [-0.2, -0.15) is 10.1 Å². The number of nitrogens with one attached hydrogen (secondary N) is 1. The van der Waals surface area contributed by atoms with Crippen molar-refractivity contribution in [3.8, 4) is 22.8 Å². The number of fused-ring (bicyclic) bond motifs is 1. The van der Waals surface area contributed by atoms with Crippen LogP contribution in [-0.2, 0) is 19.5 Å². The van der Waals surface area contributed by atoms with Crippen LogP contribution >= 0.6 is 0 Å². The van der Waals surface area contributed by atoms with Crippen molar-refractivity contribution in [2.45, 2.75) is 33.4 Å². The van der Waals surface area contributed by atoms with Crippen LogP contribution in [0.1, 0.15) is 28.1 Å². The van der Waals surface area contributed by atoms with Crippen LogP contribution in [0, 0.1) is 13.8 Å². The van der Waals surface area contributed by atoms with Gasteiger partial charge in [0.2, 0.25) is 5.82 Å². The van der Waals surface area contributed by atoms with Gasteiger partial charge in [-0.25, -0.2) is 0 Å². The van der Waals surface area contributed by atoms with Crippen LogP contribution in [0.4, 0.5) is 0 Å². The summed E-state index contributed by atoms with van der Waals surface area (Å²) in [6.45, 7) is 6.74. The number of aromatic amines is 1. The summed E-state index contributed by atoms with van der Waals surface area (Å²) in [6.07, 6.45) is 4.64. The van der Waals surface area contributed by atoms with E-state index >= 15 is 0 Å². The molecular weight excluding hydrogens is 364 g/mol. The molecule has 4 aromatic rings. The lowest BCUT2D eigenvalue weighted by Gasteiger charge is -2.29. The van der Waals surface area contributed by atoms with Gasteiger partial charge in [0.1, 0.15) is 0 Å². The molecule has 0 spiro atoms. The molecule has 0 atom stereocenters. The first kappa shape index (κ1) is 17.8. The van der Waals surface area contributed by atoms with Crippen molar-refractivity contribution in [3.63, 3.8) is 0 Å². The van der Waals surface area contributed by atoms with Gasteiger partial charge < -0.3 is 4.52 Å². The molecule has 4 heterocycles. The molecule has 0 amide bonds. The molecule has 0 unspecified atom stereocenters. The third-order valence-corrected chi connectivity index (χ3v) is 5.50. The maximum Gasteiger partial charge on any atom is 0.261 e. The minimum absolute atomic E-state index is 0.477. The Morgan fingerprint density at radius 1 is 1.14 bits per heavy atom. The second-order valence-electron chi connectivity index (χ2n) is 7.50. The Hall–Kier alpha value is -3.32.